The smallest absolute Gasteiger partial charge is 0.260 e. The minimum absolute atomic E-state index is 0.0482. The molecular formula is C26H29F2N5O3. The SMILES string of the molecule is COc1ccc(C2CC(C(F)F)n3nc(-c4ccc(CC(=O)N5CC(N)C5)cc4)cc3N2)cc1OC. The summed E-state index contributed by atoms with van der Waals surface area (Å²) in [5.41, 5.74) is 8.83. The van der Waals surface area contributed by atoms with Gasteiger partial charge < -0.3 is 25.4 Å². The quantitative estimate of drug-likeness (QED) is 0.518. The Bertz CT molecular complexity index is 1240. The first kappa shape index (κ1) is 24.1. The van der Waals surface area contributed by atoms with E-state index in [0.717, 1.165) is 16.7 Å². The second-order valence-corrected chi connectivity index (χ2v) is 9.24. The lowest BCUT2D eigenvalue weighted by Crippen LogP contribution is -2.58. The molecule has 2 aliphatic heterocycles. The monoisotopic (exact) mass is 497 g/mol. The molecule has 36 heavy (non-hydrogen) atoms. The van der Waals surface area contributed by atoms with Crippen LogP contribution in [0.5, 0.6) is 11.5 Å². The lowest BCUT2D eigenvalue weighted by atomic mass is 9.97. The Kier molecular flexibility index (Phi) is 6.53. The van der Waals surface area contributed by atoms with Crippen LogP contribution in [0.15, 0.2) is 48.5 Å². The summed E-state index contributed by atoms with van der Waals surface area (Å²) in [5.74, 6) is 1.69. The molecule has 0 radical (unpaired) electrons. The normalized spacial score (nSPS) is 19.4. The van der Waals surface area contributed by atoms with Gasteiger partial charge in [-0.15, -0.1) is 0 Å². The third-order valence-corrected chi connectivity index (χ3v) is 6.82. The zero-order valence-electron chi connectivity index (χ0n) is 20.2. The Labute approximate surface area is 208 Å². The number of hydrogen-bond acceptors (Lipinski definition) is 6. The van der Waals surface area contributed by atoms with Crippen LogP contribution >= 0.6 is 0 Å². The number of carbonyl (C=O) groups is 1. The maximum Gasteiger partial charge on any atom is 0.260 e. The van der Waals surface area contributed by atoms with Gasteiger partial charge in [-0.2, -0.15) is 5.10 Å². The molecule has 3 aromatic rings. The zero-order valence-corrected chi connectivity index (χ0v) is 20.2. The summed E-state index contributed by atoms with van der Waals surface area (Å²) in [5, 5.41) is 7.86. The molecule has 1 fully saturated rings. The van der Waals surface area contributed by atoms with Crippen molar-refractivity contribution < 1.29 is 23.0 Å². The number of hydrogen-bond donors (Lipinski definition) is 2. The highest BCUT2D eigenvalue weighted by molar-refractivity contribution is 5.80. The molecule has 3 N–H and O–H groups in total. The maximum absolute atomic E-state index is 14.1. The second-order valence-electron chi connectivity index (χ2n) is 9.24. The highest BCUT2D eigenvalue weighted by Gasteiger charge is 2.35. The Morgan fingerprint density at radius 3 is 2.47 bits per heavy atom. The number of ether oxygens (including phenoxy) is 2. The average molecular weight is 498 g/mol. The van der Waals surface area contributed by atoms with Crippen LogP contribution in [0.1, 0.15) is 29.6 Å². The standard InChI is InChI=1S/C26H29F2N5O3/c1-35-22-8-7-17(10-23(22)36-2)19-11-21(26(27)28)33-24(30-19)12-20(31-33)16-5-3-15(4-6-16)9-25(34)32-13-18(29)14-32/h3-8,10,12,18-19,21,26,30H,9,11,13-14,29H2,1-2H3. The van der Waals surface area contributed by atoms with E-state index < -0.39 is 12.5 Å². The van der Waals surface area contributed by atoms with Crippen molar-refractivity contribution in [3.8, 4) is 22.8 Å². The van der Waals surface area contributed by atoms with Crippen LogP contribution in [0, 0.1) is 0 Å². The summed E-state index contributed by atoms with van der Waals surface area (Å²) in [7, 11) is 3.09. The summed E-state index contributed by atoms with van der Waals surface area (Å²) >= 11 is 0. The third kappa shape index (κ3) is 4.60. The number of nitrogens with zero attached hydrogens (tertiary/aromatic N) is 3. The lowest BCUT2D eigenvalue weighted by molar-refractivity contribution is -0.134. The fourth-order valence-corrected chi connectivity index (χ4v) is 4.77. The van der Waals surface area contributed by atoms with Gasteiger partial charge >= 0.3 is 0 Å². The Hall–Kier alpha value is -3.66. The van der Waals surface area contributed by atoms with E-state index in [-0.39, 0.29) is 24.4 Å². The van der Waals surface area contributed by atoms with E-state index >= 15 is 0 Å². The van der Waals surface area contributed by atoms with Gasteiger partial charge in [-0.3, -0.25) is 4.79 Å². The first-order chi connectivity index (χ1) is 17.4. The number of nitrogens with two attached hydrogens (primary N) is 1. The summed E-state index contributed by atoms with van der Waals surface area (Å²) in [4.78, 5) is 14.1. The first-order valence-electron chi connectivity index (χ1n) is 11.8. The number of methoxy groups -OCH3 is 2. The number of rotatable bonds is 7. The first-order valence-corrected chi connectivity index (χ1v) is 11.8. The summed E-state index contributed by atoms with van der Waals surface area (Å²) in [6.07, 6.45) is -2.11. The van der Waals surface area contributed by atoms with E-state index in [4.69, 9.17) is 15.2 Å². The average Bonchev–Trinajstić information content (AvgIpc) is 3.30. The Morgan fingerprint density at radius 1 is 1.11 bits per heavy atom. The molecule has 1 aromatic heterocycles. The molecule has 3 heterocycles. The van der Waals surface area contributed by atoms with Gasteiger partial charge in [0.2, 0.25) is 5.91 Å². The molecule has 10 heteroatoms. The number of benzene rings is 2. The van der Waals surface area contributed by atoms with Gasteiger partial charge in [0, 0.05) is 30.8 Å². The number of likely N-dealkylation sites (tertiary alicyclic amines) is 1. The van der Waals surface area contributed by atoms with Crippen LogP contribution in [0.3, 0.4) is 0 Å². The molecule has 1 amide bonds. The van der Waals surface area contributed by atoms with E-state index in [2.05, 4.69) is 10.4 Å². The van der Waals surface area contributed by atoms with Crippen LogP contribution in [-0.4, -0.2) is 60.4 Å². The van der Waals surface area contributed by atoms with Gasteiger partial charge in [-0.25, -0.2) is 13.5 Å². The number of alkyl halides is 2. The molecule has 2 atom stereocenters. The van der Waals surface area contributed by atoms with E-state index in [1.54, 1.807) is 37.3 Å². The third-order valence-electron chi connectivity index (χ3n) is 6.82. The topological polar surface area (TPSA) is 94.6 Å². The van der Waals surface area contributed by atoms with Gasteiger partial charge in [0.05, 0.1) is 32.4 Å². The molecular weight excluding hydrogens is 468 g/mol. The highest BCUT2D eigenvalue weighted by Crippen LogP contribution is 2.41. The fraction of sp³-hybridized carbons (Fsp3) is 0.385. The molecule has 0 spiro atoms. The summed E-state index contributed by atoms with van der Waals surface area (Å²) in [6.45, 7) is 1.19. The van der Waals surface area contributed by atoms with Gasteiger partial charge in [-0.1, -0.05) is 30.3 Å². The molecule has 8 nitrogen and oxygen atoms in total. The number of halogens is 2. The van der Waals surface area contributed by atoms with Crippen LogP contribution in [0.4, 0.5) is 14.6 Å². The van der Waals surface area contributed by atoms with Crippen molar-refractivity contribution >= 4 is 11.7 Å². The van der Waals surface area contributed by atoms with Crippen LogP contribution < -0.4 is 20.5 Å². The van der Waals surface area contributed by atoms with E-state index in [9.17, 15) is 13.6 Å². The van der Waals surface area contributed by atoms with Crippen molar-refractivity contribution in [2.75, 3.05) is 32.6 Å². The van der Waals surface area contributed by atoms with Gasteiger partial charge in [-0.05, 0) is 29.7 Å². The van der Waals surface area contributed by atoms with Gasteiger partial charge in [0.25, 0.3) is 6.43 Å². The van der Waals surface area contributed by atoms with Crippen molar-refractivity contribution in [1.29, 1.82) is 0 Å². The summed E-state index contributed by atoms with van der Waals surface area (Å²) < 4.78 is 40.2. The van der Waals surface area contributed by atoms with Crippen LogP contribution in [0.2, 0.25) is 0 Å². The molecule has 2 unspecified atom stereocenters. The Morgan fingerprint density at radius 2 is 1.83 bits per heavy atom. The highest BCUT2D eigenvalue weighted by atomic mass is 19.3. The Balaban J connectivity index is 1.36. The van der Waals surface area contributed by atoms with E-state index in [1.165, 1.54) is 4.68 Å². The molecule has 0 aliphatic carbocycles. The number of aromatic nitrogens is 2. The minimum atomic E-state index is -2.58. The molecule has 0 saturated carbocycles. The van der Waals surface area contributed by atoms with Crippen molar-refractivity contribution in [3.63, 3.8) is 0 Å². The lowest BCUT2D eigenvalue weighted by Gasteiger charge is -2.36. The van der Waals surface area contributed by atoms with Gasteiger partial charge in [0.1, 0.15) is 11.9 Å². The second kappa shape index (κ2) is 9.77. The van der Waals surface area contributed by atoms with Crippen molar-refractivity contribution in [3.05, 3.63) is 59.7 Å². The van der Waals surface area contributed by atoms with Crippen LogP contribution in [-0.2, 0) is 11.2 Å². The largest absolute Gasteiger partial charge is 0.493 e. The predicted molar refractivity (Wildman–Crippen MR) is 131 cm³/mol. The molecule has 0 bridgehead atoms. The van der Waals surface area contributed by atoms with Crippen molar-refractivity contribution in [2.24, 2.45) is 5.73 Å². The molecule has 2 aromatic carbocycles. The fourth-order valence-electron chi connectivity index (χ4n) is 4.77. The summed E-state index contributed by atoms with van der Waals surface area (Å²) in [6, 6.07) is 13.3. The zero-order chi connectivity index (χ0) is 25.4. The number of amides is 1. The van der Waals surface area contributed by atoms with Crippen LogP contribution in [0.25, 0.3) is 11.3 Å². The molecule has 5 rings (SSSR count). The number of anilines is 1. The van der Waals surface area contributed by atoms with E-state index in [1.807, 2.05) is 30.3 Å². The number of nitrogens with one attached hydrogen (secondary N) is 1. The van der Waals surface area contributed by atoms with Crippen molar-refractivity contribution in [1.82, 2.24) is 14.7 Å². The van der Waals surface area contributed by atoms with Crippen molar-refractivity contribution in [2.45, 2.75) is 37.4 Å². The predicted octanol–water partition coefficient (Wildman–Crippen LogP) is 3.64. The number of carbonyl (C=O) groups excluding carboxylic acids is 1. The minimum Gasteiger partial charge on any atom is -0.493 e. The maximum atomic E-state index is 14.1. The van der Waals surface area contributed by atoms with E-state index in [0.29, 0.717) is 42.5 Å². The molecule has 1 saturated heterocycles. The molecule has 190 valence electrons. The van der Waals surface area contributed by atoms with Gasteiger partial charge in [0.15, 0.2) is 11.5 Å². The number of fused-ring (bicyclic) bond motifs is 1. The molecule has 2 aliphatic rings.